The molecular formula is C59H81N15O19. The number of hydrogen-bond acceptors (Lipinski definition) is 19. The second-order valence-corrected chi connectivity index (χ2v) is 22.2. The fourth-order valence-electron chi connectivity index (χ4n) is 9.27. The van der Waals surface area contributed by atoms with Gasteiger partial charge >= 0.3 is 11.9 Å². The number of carboxylic acid groups (broad SMARTS) is 2. The Kier molecular flexibility index (Phi) is 29.4. The van der Waals surface area contributed by atoms with Crippen LogP contribution in [0.3, 0.4) is 0 Å². The van der Waals surface area contributed by atoms with Gasteiger partial charge in [0.2, 0.25) is 59.1 Å². The molecular weight excluding hydrogens is 1220 g/mol. The highest BCUT2D eigenvalue weighted by Gasteiger charge is 2.37. The lowest BCUT2D eigenvalue weighted by Gasteiger charge is -2.28. The summed E-state index contributed by atoms with van der Waals surface area (Å²) in [6.07, 6.45) is -3.13. The van der Waals surface area contributed by atoms with Gasteiger partial charge in [-0.1, -0.05) is 56.3 Å². The summed E-state index contributed by atoms with van der Waals surface area (Å²) in [6.45, 7) is 2.37. The smallest absolute Gasteiger partial charge is 0.328 e. The van der Waals surface area contributed by atoms with E-state index in [1.54, 1.807) is 44.3 Å². The lowest BCUT2D eigenvalue weighted by Crippen LogP contribution is -2.62. The standard InChI is InChI=1S/C59H81N15O19/c1-28(2)19-38(50(84)73-45(27-76)57(91)74-48(29(3)77)58(92)93)67-53(87)41(22-32-25-65-37-9-5-4-7-35(32)37)70-51(85)39(20-30-10-14-33(78)15-11-30)69-56(90)44(26-75)72-52(86)40(21-31-12-16-34(79)17-13-31)68-55(89)43(24-47(81)82)71-54(88)42(23-46(61)80)66-49(83)36(60)8-6-18-64-59(62)63/h4-5,7,9-17,25,28-29,36,38-45,48,65,75-79H,6,8,18-24,26-27,60H2,1-3H3,(H2,61,80)(H,66,83)(H,67,87)(H,68,89)(H,69,90)(H,70,85)(H,71,88)(H,72,86)(H,73,84)(H,74,91)(H,81,82)(H,92,93)(H4,62,63,64)/t29-,36-,38+,39+,40+,41+,42+,43+,44+,45+,48+/m1/s1. The van der Waals surface area contributed by atoms with E-state index in [2.05, 4.69) is 52.8 Å². The summed E-state index contributed by atoms with van der Waals surface area (Å²) < 4.78 is 0. The lowest BCUT2D eigenvalue weighted by molar-refractivity contribution is -0.145. The number of aromatic nitrogens is 1. The number of aliphatic carboxylic acids is 2. The van der Waals surface area contributed by atoms with Crippen LogP contribution in [-0.4, -0.2) is 204 Å². The molecule has 0 saturated heterocycles. The second-order valence-electron chi connectivity index (χ2n) is 22.2. The van der Waals surface area contributed by atoms with Gasteiger partial charge in [-0.05, 0) is 79.1 Å². The van der Waals surface area contributed by atoms with E-state index in [4.69, 9.17) is 22.6 Å². The highest BCUT2D eigenvalue weighted by molar-refractivity contribution is 6.00. The molecule has 34 heteroatoms. The van der Waals surface area contributed by atoms with Crippen LogP contribution in [0.4, 0.5) is 0 Å². The number of phenolic OH excluding ortho intramolecular Hbond substituents is 2. The quantitative estimate of drug-likeness (QED) is 0.0113. The topological polar surface area (TPSA) is 584 Å². The van der Waals surface area contributed by atoms with Crippen molar-refractivity contribution in [1.82, 2.24) is 58.2 Å². The largest absolute Gasteiger partial charge is 0.508 e. The maximum atomic E-state index is 14.8. The van der Waals surface area contributed by atoms with Crippen molar-refractivity contribution >= 4 is 87.9 Å². The zero-order valence-corrected chi connectivity index (χ0v) is 51.0. The molecule has 10 amide bonds. The number of carbonyl (C=O) groups excluding carboxylic acids is 10. The molecule has 0 spiro atoms. The highest BCUT2D eigenvalue weighted by atomic mass is 16.4. The number of guanidine groups is 1. The Morgan fingerprint density at radius 1 is 0.527 bits per heavy atom. The van der Waals surface area contributed by atoms with Crippen molar-refractivity contribution in [2.45, 2.75) is 139 Å². The number of aliphatic hydroxyl groups excluding tert-OH is 3. The van der Waals surface area contributed by atoms with Crippen LogP contribution < -0.4 is 70.4 Å². The lowest BCUT2D eigenvalue weighted by atomic mass is 9.99. The average molecular weight is 1300 g/mol. The Morgan fingerprint density at radius 2 is 0.935 bits per heavy atom. The molecule has 0 unspecified atom stereocenters. The number of aliphatic hydroxyl groups is 3. The third-order valence-electron chi connectivity index (χ3n) is 14.2. The van der Waals surface area contributed by atoms with Gasteiger partial charge in [-0.2, -0.15) is 0 Å². The number of primary amides is 1. The number of aromatic amines is 1. The van der Waals surface area contributed by atoms with Crippen LogP contribution in [0.15, 0.2) is 79.0 Å². The Labute approximate surface area is 531 Å². The first kappa shape index (κ1) is 75.0. The van der Waals surface area contributed by atoms with Gasteiger partial charge in [-0.15, -0.1) is 0 Å². The predicted octanol–water partition coefficient (Wildman–Crippen LogP) is -5.59. The van der Waals surface area contributed by atoms with E-state index in [0.717, 1.165) is 6.92 Å². The van der Waals surface area contributed by atoms with E-state index in [1.165, 1.54) is 48.5 Å². The number of rotatable bonds is 38. The number of nitrogens with two attached hydrogens (primary N) is 3. The predicted molar refractivity (Wildman–Crippen MR) is 329 cm³/mol. The first-order valence-electron chi connectivity index (χ1n) is 29.2. The minimum Gasteiger partial charge on any atom is -0.508 e. The Hall–Kier alpha value is -10.4. The van der Waals surface area contributed by atoms with Crippen LogP contribution in [0, 0.1) is 11.3 Å². The number of carboxylic acids is 2. The van der Waals surface area contributed by atoms with Crippen molar-refractivity contribution in [2.75, 3.05) is 19.8 Å². The normalized spacial score (nSPS) is 14.7. The van der Waals surface area contributed by atoms with E-state index in [0.29, 0.717) is 22.0 Å². The second kappa shape index (κ2) is 36.4. The monoisotopic (exact) mass is 1300 g/mol. The number of carbonyl (C=O) groups is 12. The zero-order chi connectivity index (χ0) is 69.2. The Morgan fingerprint density at radius 3 is 1.39 bits per heavy atom. The van der Waals surface area contributed by atoms with Gasteiger partial charge in [0.25, 0.3) is 0 Å². The molecule has 1 aromatic heterocycles. The highest BCUT2D eigenvalue weighted by Crippen LogP contribution is 2.21. The van der Waals surface area contributed by atoms with E-state index >= 15 is 0 Å². The van der Waals surface area contributed by atoms with Gasteiger partial charge in [-0.3, -0.25) is 58.1 Å². The molecule has 1 heterocycles. The first-order valence-corrected chi connectivity index (χ1v) is 29.2. The Balaban J connectivity index is 1.67. The van der Waals surface area contributed by atoms with Crippen molar-refractivity contribution in [3.8, 4) is 11.5 Å². The van der Waals surface area contributed by atoms with Crippen molar-refractivity contribution in [2.24, 2.45) is 23.1 Å². The summed E-state index contributed by atoms with van der Waals surface area (Å²) in [5, 5.41) is 102. The molecule has 3 aromatic carbocycles. The molecule has 0 fully saturated rings. The van der Waals surface area contributed by atoms with Gasteiger partial charge in [0.1, 0.15) is 59.8 Å². The third-order valence-corrected chi connectivity index (χ3v) is 14.2. The van der Waals surface area contributed by atoms with Crippen molar-refractivity contribution in [1.29, 1.82) is 5.41 Å². The summed E-state index contributed by atoms with van der Waals surface area (Å²) >= 11 is 0. The zero-order valence-electron chi connectivity index (χ0n) is 51.0. The van der Waals surface area contributed by atoms with Crippen LogP contribution >= 0.6 is 0 Å². The van der Waals surface area contributed by atoms with E-state index in [9.17, 15) is 93.3 Å². The molecule has 0 radical (unpaired) electrons. The SMILES string of the molecule is CC(C)C[C@H](NC(=O)[C@H](Cc1c[nH]c2ccccc12)NC(=O)[C@H](Cc1ccc(O)cc1)NC(=O)[C@H](CO)NC(=O)[C@H](Cc1ccc(O)cc1)NC(=O)[C@H](CC(=O)O)NC(=O)[C@H](CC(N)=O)NC(=O)[C@H](N)CCCNC(=N)N)C(=O)N[C@@H](CO)C(=O)N[C@H](C(=O)O)[C@@H](C)O. The molecule has 4 rings (SSSR count). The molecule has 34 nitrogen and oxygen atoms in total. The number of hydrogen-bond donors (Lipinski definition) is 22. The maximum absolute atomic E-state index is 14.8. The van der Waals surface area contributed by atoms with Crippen LogP contribution in [0.5, 0.6) is 11.5 Å². The minimum atomic E-state index is -2.06. The number of amides is 10. The number of para-hydroxylation sites is 1. The number of nitrogens with one attached hydrogen (secondary N) is 12. The molecule has 0 aliphatic heterocycles. The summed E-state index contributed by atoms with van der Waals surface area (Å²) in [5.74, 6) is -15.8. The fourth-order valence-corrected chi connectivity index (χ4v) is 9.27. The fraction of sp³-hybridized carbons (Fsp3) is 0.441. The van der Waals surface area contributed by atoms with E-state index < -0.39 is 176 Å². The summed E-state index contributed by atoms with van der Waals surface area (Å²) in [7, 11) is 0. The first-order chi connectivity index (χ1) is 43.9. The summed E-state index contributed by atoms with van der Waals surface area (Å²) in [4.78, 5) is 165. The number of phenols is 2. The molecule has 0 bridgehead atoms. The Bertz CT molecular complexity index is 3290. The molecule has 4 aromatic rings. The van der Waals surface area contributed by atoms with Crippen LogP contribution in [0.25, 0.3) is 10.9 Å². The van der Waals surface area contributed by atoms with Gasteiger partial charge in [0.05, 0.1) is 38.2 Å². The van der Waals surface area contributed by atoms with Crippen LogP contribution in [-0.2, 0) is 76.8 Å². The number of benzene rings is 3. The van der Waals surface area contributed by atoms with Crippen LogP contribution in [0.2, 0.25) is 0 Å². The number of fused-ring (bicyclic) bond motifs is 1. The molecule has 11 atom stereocenters. The molecule has 0 aliphatic rings. The van der Waals surface area contributed by atoms with Crippen molar-refractivity contribution in [3.63, 3.8) is 0 Å². The summed E-state index contributed by atoms with van der Waals surface area (Å²) in [5.41, 5.74) is 18.2. The summed E-state index contributed by atoms with van der Waals surface area (Å²) in [6, 6.07) is -0.0815. The van der Waals surface area contributed by atoms with Gasteiger partial charge in [0, 0.05) is 42.9 Å². The molecule has 506 valence electrons. The van der Waals surface area contributed by atoms with E-state index in [1.807, 2.05) is 5.32 Å². The average Bonchev–Trinajstić information content (AvgIpc) is 1.98. The molecule has 25 N–H and O–H groups in total. The molecule has 0 aliphatic carbocycles. The maximum Gasteiger partial charge on any atom is 0.328 e. The van der Waals surface area contributed by atoms with Gasteiger partial charge < -0.3 is 111 Å². The van der Waals surface area contributed by atoms with Crippen molar-refractivity contribution in [3.05, 3.63) is 95.7 Å². The van der Waals surface area contributed by atoms with E-state index in [-0.39, 0.29) is 61.2 Å². The van der Waals surface area contributed by atoms with Gasteiger partial charge in [0.15, 0.2) is 12.0 Å². The number of H-pyrrole nitrogens is 1. The molecule has 93 heavy (non-hydrogen) atoms. The van der Waals surface area contributed by atoms with Crippen LogP contribution in [0.1, 0.15) is 69.6 Å². The van der Waals surface area contributed by atoms with Crippen molar-refractivity contribution < 1.29 is 93.3 Å². The number of aromatic hydroxyl groups is 2. The molecule has 0 saturated carbocycles. The minimum absolute atomic E-state index is 0.00561. The third kappa shape index (κ3) is 24.7. The van der Waals surface area contributed by atoms with Gasteiger partial charge in [-0.25, -0.2) is 4.79 Å².